The van der Waals surface area contributed by atoms with Gasteiger partial charge < -0.3 is 15.3 Å². The topological polar surface area (TPSA) is 95.4 Å². The standard InChI is InChI=1S/C12H16N4O3/c1-3-5-9(11(18)19)15-10(17)8-16(2)12-13-6-4-7-14-12/h3-4,6-7,9H,1,5,8H2,2H3,(H,15,17)(H,18,19). The number of aliphatic carboxylic acids is 1. The van der Waals surface area contributed by atoms with Crippen molar-refractivity contribution in [2.75, 3.05) is 18.5 Å². The predicted octanol–water partition coefficient (Wildman–Crippen LogP) is 0.0583. The Bertz CT molecular complexity index is 450. The fraction of sp³-hybridized carbons (Fsp3) is 0.333. The molecular formula is C12H16N4O3. The van der Waals surface area contributed by atoms with Gasteiger partial charge in [0.05, 0.1) is 6.54 Å². The molecule has 0 radical (unpaired) electrons. The molecule has 0 aliphatic heterocycles. The molecule has 1 unspecified atom stereocenters. The minimum absolute atomic E-state index is 0.0229. The monoisotopic (exact) mass is 264 g/mol. The number of aromatic nitrogens is 2. The van der Waals surface area contributed by atoms with Crippen LogP contribution in [-0.4, -0.2) is 46.6 Å². The van der Waals surface area contributed by atoms with Gasteiger partial charge in [-0.3, -0.25) is 4.79 Å². The van der Waals surface area contributed by atoms with E-state index >= 15 is 0 Å². The van der Waals surface area contributed by atoms with Gasteiger partial charge >= 0.3 is 5.97 Å². The van der Waals surface area contributed by atoms with Crippen molar-refractivity contribution in [3.63, 3.8) is 0 Å². The van der Waals surface area contributed by atoms with Gasteiger partial charge in [0.15, 0.2) is 0 Å². The van der Waals surface area contributed by atoms with E-state index in [-0.39, 0.29) is 13.0 Å². The first kappa shape index (κ1) is 14.6. The minimum atomic E-state index is -1.09. The average molecular weight is 264 g/mol. The number of anilines is 1. The van der Waals surface area contributed by atoms with Crippen LogP contribution < -0.4 is 10.2 Å². The van der Waals surface area contributed by atoms with Gasteiger partial charge in [0.2, 0.25) is 11.9 Å². The third kappa shape index (κ3) is 4.74. The zero-order valence-corrected chi connectivity index (χ0v) is 10.6. The van der Waals surface area contributed by atoms with Gasteiger partial charge in [0.1, 0.15) is 6.04 Å². The highest BCUT2D eigenvalue weighted by Gasteiger charge is 2.19. The fourth-order valence-electron chi connectivity index (χ4n) is 1.40. The van der Waals surface area contributed by atoms with Crippen molar-refractivity contribution in [2.45, 2.75) is 12.5 Å². The number of carboxylic acid groups (broad SMARTS) is 1. The molecule has 0 saturated carbocycles. The van der Waals surface area contributed by atoms with Crippen LogP contribution in [0.2, 0.25) is 0 Å². The molecule has 1 aromatic heterocycles. The van der Waals surface area contributed by atoms with E-state index in [4.69, 9.17) is 5.11 Å². The SMILES string of the molecule is C=CCC(NC(=O)CN(C)c1ncccn1)C(=O)O. The summed E-state index contributed by atoms with van der Waals surface area (Å²) in [6.45, 7) is 3.43. The normalized spacial score (nSPS) is 11.4. The van der Waals surface area contributed by atoms with Crippen LogP contribution in [0.5, 0.6) is 0 Å². The number of hydrogen-bond acceptors (Lipinski definition) is 5. The highest BCUT2D eigenvalue weighted by Crippen LogP contribution is 2.01. The molecule has 1 amide bonds. The summed E-state index contributed by atoms with van der Waals surface area (Å²) in [4.78, 5) is 32.1. The van der Waals surface area contributed by atoms with Crippen LogP contribution in [0.4, 0.5) is 5.95 Å². The van der Waals surface area contributed by atoms with E-state index in [1.165, 1.54) is 11.0 Å². The van der Waals surface area contributed by atoms with E-state index in [9.17, 15) is 9.59 Å². The molecule has 7 heteroatoms. The van der Waals surface area contributed by atoms with Crippen molar-refractivity contribution in [2.24, 2.45) is 0 Å². The zero-order valence-electron chi connectivity index (χ0n) is 10.6. The quantitative estimate of drug-likeness (QED) is 0.676. The van der Waals surface area contributed by atoms with Crippen LogP contribution in [0.25, 0.3) is 0 Å². The molecule has 0 fully saturated rings. The molecule has 0 aromatic carbocycles. The summed E-state index contributed by atoms with van der Waals surface area (Å²) in [6.07, 6.45) is 4.75. The minimum Gasteiger partial charge on any atom is -0.480 e. The van der Waals surface area contributed by atoms with Crippen molar-refractivity contribution < 1.29 is 14.7 Å². The maximum atomic E-state index is 11.7. The number of carbonyl (C=O) groups excluding carboxylic acids is 1. The van der Waals surface area contributed by atoms with E-state index in [0.29, 0.717) is 5.95 Å². The predicted molar refractivity (Wildman–Crippen MR) is 69.7 cm³/mol. The van der Waals surface area contributed by atoms with Gasteiger partial charge in [0, 0.05) is 19.4 Å². The first-order valence-electron chi connectivity index (χ1n) is 5.65. The van der Waals surface area contributed by atoms with Crippen LogP contribution in [0.1, 0.15) is 6.42 Å². The molecule has 0 spiro atoms. The van der Waals surface area contributed by atoms with Gasteiger partial charge in [-0.25, -0.2) is 14.8 Å². The van der Waals surface area contributed by atoms with Crippen molar-refractivity contribution in [3.8, 4) is 0 Å². The summed E-state index contributed by atoms with van der Waals surface area (Å²) in [5.74, 6) is -1.11. The van der Waals surface area contributed by atoms with Crippen molar-refractivity contribution in [3.05, 3.63) is 31.1 Å². The molecule has 2 N–H and O–H groups in total. The van der Waals surface area contributed by atoms with Gasteiger partial charge in [-0.05, 0) is 12.5 Å². The molecule has 102 valence electrons. The maximum Gasteiger partial charge on any atom is 0.326 e. The third-order valence-corrected chi connectivity index (χ3v) is 2.31. The summed E-state index contributed by atoms with van der Waals surface area (Å²) < 4.78 is 0. The number of carboxylic acids is 1. The first-order chi connectivity index (χ1) is 9.04. The molecule has 1 aromatic rings. The number of nitrogens with zero attached hydrogens (tertiary/aromatic N) is 3. The van der Waals surface area contributed by atoms with E-state index < -0.39 is 17.9 Å². The largest absolute Gasteiger partial charge is 0.480 e. The highest BCUT2D eigenvalue weighted by atomic mass is 16.4. The number of nitrogens with one attached hydrogen (secondary N) is 1. The Morgan fingerprint density at radius 2 is 2.16 bits per heavy atom. The average Bonchev–Trinajstić information content (AvgIpc) is 2.39. The first-order valence-corrected chi connectivity index (χ1v) is 5.65. The van der Waals surface area contributed by atoms with E-state index in [0.717, 1.165) is 0 Å². The Kier molecular flexibility index (Phi) is 5.46. The zero-order chi connectivity index (χ0) is 14.3. The number of carbonyl (C=O) groups is 2. The van der Waals surface area contributed by atoms with E-state index in [2.05, 4.69) is 21.9 Å². The Balaban J connectivity index is 2.55. The summed E-state index contributed by atoms with van der Waals surface area (Å²) in [7, 11) is 1.65. The molecular weight excluding hydrogens is 248 g/mol. The molecule has 19 heavy (non-hydrogen) atoms. The van der Waals surface area contributed by atoms with Crippen LogP contribution in [-0.2, 0) is 9.59 Å². The lowest BCUT2D eigenvalue weighted by Crippen LogP contribution is -2.45. The number of hydrogen-bond donors (Lipinski definition) is 2. The second kappa shape index (κ2) is 7.10. The van der Waals surface area contributed by atoms with E-state index in [1.54, 1.807) is 25.5 Å². The third-order valence-electron chi connectivity index (χ3n) is 2.31. The van der Waals surface area contributed by atoms with Gasteiger partial charge in [-0.15, -0.1) is 6.58 Å². The van der Waals surface area contributed by atoms with E-state index in [1.807, 2.05) is 0 Å². The molecule has 1 atom stereocenters. The Morgan fingerprint density at radius 3 is 2.68 bits per heavy atom. The molecule has 0 aliphatic rings. The summed E-state index contributed by atoms with van der Waals surface area (Å²) >= 11 is 0. The van der Waals surface area contributed by atoms with Crippen LogP contribution in [0.15, 0.2) is 31.1 Å². The second-order valence-corrected chi connectivity index (χ2v) is 3.89. The molecule has 7 nitrogen and oxygen atoms in total. The Labute approximate surface area is 111 Å². The lowest BCUT2D eigenvalue weighted by molar-refractivity contribution is -0.141. The Morgan fingerprint density at radius 1 is 1.53 bits per heavy atom. The number of amides is 1. The van der Waals surface area contributed by atoms with Crippen molar-refractivity contribution in [1.82, 2.24) is 15.3 Å². The molecule has 0 bridgehead atoms. The lowest BCUT2D eigenvalue weighted by Gasteiger charge is -2.18. The van der Waals surface area contributed by atoms with Gasteiger partial charge in [0.25, 0.3) is 0 Å². The molecule has 1 heterocycles. The maximum absolute atomic E-state index is 11.7. The van der Waals surface area contributed by atoms with Crippen LogP contribution in [0.3, 0.4) is 0 Å². The summed E-state index contributed by atoms with van der Waals surface area (Å²) in [5.41, 5.74) is 0. The smallest absolute Gasteiger partial charge is 0.326 e. The van der Waals surface area contributed by atoms with Gasteiger partial charge in [-0.2, -0.15) is 0 Å². The van der Waals surface area contributed by atoms with Crippen molar-refractivity contribution >= 4 is 17.8 Å². The van der Waals surface area contributed by atoms with Crippen LogP contribution >= 0.6 is 0 Å². The van der Waals surface area contributed by atoms with Crippen LogP contribution in [0, 0.1) is 0 Å². The summed E-state index contributed by atoms with van der Waals surface area (Å²) in [6, 6.07) is 0.706. The number of likely N-dealkylation sites (N-methyl/N-ethyl adjacent to an activating group) is 1. The van der Waals surface area contributed by atoms with Crippen molar-refractivity contribution in [1.29, 1.82) is 0 Å². The number of rotatable bonds is 7. The molecule has 1 rings (SSSR count). The lowest BCUT2D eigenvalue weighted by atomic mass is 10.2. The second-order valence-electron chi connectivity index (χ2n) is 3.89. The summed E-state index contributed by atoms with van der Waals surface area (Å²) in [5, 5.41) is 11.3. The Hall–Kier alpha value is -2.44. The molecule has 0 saturated heterocycles. The fourth-order valence-corrected chi connectivity index (χ4v) is 1.40. The van der Waals surface area contributed by atoms with Gasteiger partial charge in [-0.1, -0.05) is 6.08 Å². The molecule has 0 aliphatic carbocycles. The highest BCUT2D eigenvalue weighted by molar-refractivity contribution is 5.86.